The Bertz CT molecular complexity index is 285. The van der Waals surface area contributed by atoms with Crippen molar-refractivity contribution in [3.8, 4) is 0 Å². The summed E-state index contributed by atoms with van der Waals surface area (Å²) in [7, 11) is 0. The number of hydrogen-bond acceptors (Lipinski definition) is 1. The molecule has 0 radical (unpaired) electrons. The lowest BCUT2D eigenvalue weighted by atomic mass is 9.42. The van der Waals surface area contributed by atoms with Crippen molar-refractivity contribution >= 4 is 0 Å². The van der Waals surface area contributed by atoms with Crippen LogP contribution in [0.25, 0.3) is 0 Å². The summed E-state index contributed by atoms with van der Waals surface area (Å²) < 4.78 is 0. The molecular weight excluding hydrogens is 220 g/mol. The van der Waals surface area contributed by atoms with Gasteiger partial charge in [-0.2, -0.15) is 0 Å². The van der Waals surface area contributed by atoms with Crippen molar-refractivity contribution in [2.24, 2.45) is 35.0 Å². The fraction of sp³-hybridized carbons (Fsp3) is 1.00. The van der Waals surface area contributed by atoms with Crippen molar-refractivity contribution in [2.75, 3.05) is 0 Å². The molecule has 4 fully saturated rings. The molecule has 104 valence electrons. The summed E-state index contributed by atoms with van der Waals surface area (Å²) in [5.41, 5.74) is -0.187. The molecule has 0 aromatic carbocycles. The molecule has 1 N–H and O–H groups in total. The molecule has 0 heterocycles. The molecule has 4 rings (SSSR count). The van der Waals surface area contributed by atoms with Crippen molar-refractivity contribution < 1.29 is 5.11 Å². The smallest absolute Gasteiger partial charge is 0.0749 e. The monoisotopic (exact) mass is 250 g/mol. The van der Waals surface area contributed by atoms with E-state index in [1.54, 1.807) is 0 Å². The van der Waals surface area contributed by atoms with Crippen molar-refractivity contribution in [3.63, 3.8) is 0 Å². The maximum absolute atomic E-state index is 11.5. The zero-order valence-electron chi connectivity index (χ0n) is 12.6. The van der Waals surface area contributed by atoms with Crippen LogP contribution in [-0.2, 0) is 0 Å². The molecule has 4 aliphatic rings. The third kappa shape index (κ3) is 1.55. The molecule has 18 heavy (non-hydrogen) atoms. The first-order valence-corrected chi connectivity index (χ1v) is 8.10. The van der Waals surface area contributed by atoms with Crippen LogP contribution in [-0.4, -0.2) is 10.7 Å². The van der Waals surface area contributed by atoms with Crippen LogP contribution in [0.4, 0.5) is 0 Å². The van der Waals surface area contributed by atoms with Gasteiger partial charge in [0.1, 0.15) is 0 Å². The van der Waals surface area contributed by atoms with Crippen molar-refractivity contribution in [1.29, 1.82) is 0 Å². The average Bonchev–Trinajstić information content (AvgIpc) is 2.25. The van der Waals surface area contributed by atoms with Crippen LogP contribution < -0.4 is 0 Å². The molecule has 1 heteroatoms. The lowest BCUT2D eigenvalue weighted by molar-refractivity contribution is -0.218. The first-order valence-electron chi connectivity index (χ1n) is 8.10. The Kier molecular flexibility index (Phi) is 2.86. The molecule has 1 nitrogen and oxygen atoms in total. The SMILES string of the molecule is CC(C)C(O)(C(C)C)C12CC3CC(CC(C3)C1)C2. The largest absolute Gasteiger partial charge is 0.389 e. The summed E-state index contributed by atoms with van der Waals surface area (Å²) >= 11 is 0. The van der Waals surface area contributed by atoms with E-state index in [0.29, 0.717) is 11.8 Å². The summed E-state index contributed by atoms with van der Waals surface area (Å²) in [6, 6.07) is 0. The van der Waals surface area contributed by atoms with Crippen LogP contribution in [0, 0.1) is 35.0 Å². The van der Waals surface area contributed by atoms with Crippen LogP contribution >= 0.6 is 0 Å². The zero-order chi connectivity index (χ0) is 13.1. The summed E-state index contributed by atoms with van der Waals surface area (Å²) in [5.74, 6) is 3.56. The fourth-order valence-electron chi connectivity index (χ4n) is 6.49. The summed E-state index contributed by atoms with van der Waals surface area (Å²) in [4.78, 5) is 0. The molecule has 4 saturated carbocycles. The van der Waals surface area contributed by atoms with Gasteiger partial charge in [0.05, 0.1) is 5.60 Å². The van der Waals surface area contributed by atoms with Gasteiger partial charge in [0, 0.05) is 5.41 Å². The Morgan fingerprint density at radius 1 is 0.833 bits per heavy atom. The highest BCUT2D eigenvalue weighted by atomic mass is 16.3. The maximum Gasteiger partial charge on any atom is 0.0749 e. The third-order valence-corrected chi connectivity index (χ3v) is 6.65. The number of rotatable bonds is 3. The zero-order valence-corrected chi connectivity index (χ0v) is 12.6. The Morgan fingerprint density at radius 2 is 1.17 bits per heavy atom. The van der Waals surface area contributed by atoms with Crippen LogP contribution in [0.15, 0.2) is 0 Å². The van der Waals surface area contributed by atoms with E-state index < -0.39 is 5.60 Å². The second kappa shape index (κ2) is 3.98. The van der Waals surface area contributed by atoms with Crippen LogP contribution in [0.3, 0.4) is 0 Å². The van der Waals surface area contributed by atoms with E-state index in [1.165, 1.54) is 38.5 Å². The van der Waals surface area contributed by atoms with Crippen LogP contribution in [0.5, 0.6) is 0 Å². The molecule has 0 spiro atoms. The lowest BCUT2D eigenvalue weighted by Crippen LogP contribution is -2.62. The van der Waals surface area contributed by atoms with E-state index in [2.05, 4.69) is 27.7 Å². The third-order valence-electron chi connectivity index (χ3n) is 6.65. The summed E-state index contributed by atoms with van der Waals surface area (Å²) in [6.45, 7) is 8.94. The minimum absolute atomic E-state index is 0.254. The standard InChI is InChI=1S/C17H30O/c1-11(2)17(18,12(3)4)16-8-13-5-14(9-16)7-15(6-13)10-16/h11-15,18H,5-10H2,1-4H3. The highest BCUT2D eigenvalue weighted by Crippen LogP contribution is 2.66. The van der Waals surface area contributed by atoms with Gasteiger partial charge in [-0.05, 0) is 68.1 Å². The topological polar surface area (TPSA) is 20.2 Å². The fourth-order valence-corrected chi connectivity index (χ4v) is 6.49. The van der Waals surface area contributed by atoms with Gasteiger partial charge in [0.25, 0.3) is 0 Å². The second-order valence-corrected chi connectivity index (χ2v) is 8.33. The number of hydrogen-bond donors (Lipinski definition) is 1. The van der Waals surface area contributed by atoms with Gasteiger partial charge >= 0.3 is 0 Å². The molecule has 0 aromatic rings. The van der Waals surface area contributed by atoms with Gasteiger partial charge in [0.2, 0.25) is 0 Å². The second-order valence-electron chi connectivity index (χ2n) is 8.33. The molecule has 0 amide bonds. The number of aliphatic hydroxyl groups is 1. The Labute approximate surface area is 112 Å². The van der Waals surface area contributed by atoms with Gasteiger partial charge in [-0.15, -0.1) is 0 Å². The van der Waals surface area contributed by atoms with Gasteiger partial charge in [0.15, 0.2) is 0 Å². The molecule has 0 aliphatic heterocycles. The van der Waals surface area contributed by atoms with Crippen LogP contribution in [0.2, 0.25) is 0 Å². The average molecular weight is 250 g/mol. The molecular formula is C17H30O. The predicted octanol–water partition coefficient (Wildman–Crippen LogP) is 4.25. The van der Waals surface area contributed by atoms with Gasteiger partial charge in [-0.25, -0.2) is 0 Å². The van der Waals surface area contributed by atoms with Crippen LogP contribution in [0.1, 0.15) is 66.2 Å². The first-order chi connectivity index (χ1) is 8.37. The van der Waals surface area contributed by atoms with E-state index >= 15 is 0 Å². The minimum Gasteiger partial charge on any atom is -0.389 e. The first kappa shape index (κ1) is 13.0. The predicted molar refractivity (Wildman–Crippen MR) is 75.2 cm³/mol. The summed E-state index contributed by atoms with van der Waals surface area (Å²) in [5, 5.41) is 11.5. The van der Waals surface area contributed by atoms with Crippen molar-refractivity contribution in [3.05, 3.63) is 0 Å². The minimum atomic E-state index is -0.441. The van der Waals surface area contributed by atoms with E-state index in [0.717, 1.165) is 17.8 Å². The maximum atomic E-state index is 11.5. The molecule has 0 unspecified atom stereocenters. The molecule has 0 saturated heterocycles. The molecule has 4 aliphatic carbocycles. The van der Waals surface area contributed by atoms with E-state index in [1.807, 2.05) is 0 Å². The highest BCUT2D eigenvalue weighted by molar-refractivity contribution is 5.11. The highest BCUT2D eigenvalue weighted by Gasteiger charge is 2.61. The molecule has 0 aromatic heterocycles. The molecule has 4 bridgehead atoms. The van der Waals surface area contributed by atoms with Gasteiger partial charge < -0.3 is 5.11 Å². The van der Waals surface area contributed by atoms with E-state index in [4.69, 9.17) is 0 Å². The quantitative estimate of drug-likeness (QED) is 0.794. The Hall–Kier alpha value is -0.0400. The Morgan fingerprint density at radius 3 is 1.44 bits per heavy atom. The van der Waals surface area contributed by atoms with Gasteiger partial charge in [-0.3, -0.25) is 0 Å². The van der Waals surface area contributed by atoms with E-state index in [-0.39, 0.29) is 5.41 Å². The van der Waals surface area contributed by atoms with E-state index in [9.17, 15) is 5.11 Å². The van der Waals surface area contributed by atoms with Crippen molar-refractivity contribution in [2.45, 2.75) is 71.8 Å². The normalized spacial score (nSPS) is 43.2. The molecule has 0 atom stereocenters. The Balaban J connectivity index is 1.99. The van der Waals surface area contributed by atoms with Gasteiger partial charge in [-0.1, -0.05) is 27.7 Å². The summed E-state index contributed by atoms with van der Waals surface area (Å²) in [6.07, 6.45) is 8.33. The lowest BCUT2D eigenvalue weighted by Gasteiger charge is -2.64. The van der Waals surface area contributed by atoms with Crippen molar-refractivity contribution in [1.82, 2.24) is 0 Å².